The lowest BCUT2D eigenvalue weighted by atomic mass is 10.0. The first kappa shape index (κ1) is 14.2. The molecule has 0 unspecified atom stereocenters. The second kappa shape index (κ2) is 6.18. The van der Waals surface area contributed by atoms with Crippen molar-refractivity contribution in [2.75, 3.05) is 12.3 Å². The normalized spacial score (nSPS) is 10.5. The number of anilines is 1. The number of carbonyl (C=O) groups is 1. The third kappa shape index (κ3) is 3.58. The molecule has 0 heterocycles. The summed E-state index contributed by atoms with van der Waals surface area (Å²) in [5, 5.41) is 0. The molecule has 0 spiro atoms. The Morgan fingerprint density at radius 1 is 1.44 bits per heavy atom. The molecule has 0 amide bonds. The summed E-state index contributed by atoms with van der Waals surface area (Å²) in [6, 6.07) is 2.78. The zero-order chi connectivity index (χ0) is 13.7. The van der Waals surface area contributed by atoms with Crippen molar-refractivity contribution in [2.24, 2.45) is 0 Å². The molecule has 0 saturated carbocycles. The van der Waals surface area contributed by atoms with Crippen LogP contribution in [0.3, 0.4) is 0 Å². The van der Waals surface area contributed by atoms with Crippen molar-refractivity contribution in [3.8, 4) is 5.75 Å². The molecule has 0 aliphatic rings. The van der Waals surface area contributed by atoms with Crippen LogP contribution >= 0.6 is 0 Å². The Bertz CT molecular complexity index is 436. The Kier molecular flexibility index (Phi) is 4.88. The average molecular weight is 259 g/mol. The summed E-state index contributed by atoms with van der Waals surface area (Å²) in [4.78, 5) is 11.4. The average Bonchev–Trinajstić information content (AvgIpc) is 2.28. The Morgan fingerprint density at radius 3 is 2.67 bits per heavy atom. The lowest BCUT2D eigenvalue weighted by Gasteiger charge is -2.14. The van der Waals surface area contributed by atoms with Gasteiger partial charge in [0.15, 0.2) is 0 Å². The van der Waals surface area contributed by atoms with Gasteiger partial charge >= 0.3 is 12.6 Å². The third-order valence-electron chi connectivity index (χ3n) is 2.44. The quantitative estimate of drug-likeness (QED) is 0.651. The van der Waals surface area contributed by atoms with E-state index in [4.69, 9.17) is 10.5 Å². The molecule has 0 aromatic heterocycles. The highest BCUT2D eigenvalue weighted by Crippen LogP contribution is 2.28. The van der Waals surface area contributed by atoms with Crippen molar-refractivity contribution in [3.63, 3.8) is 0 Å². The maximum absolute atomic E-state index is 12.2. The lowest BCUT2D eigenvalue weighted by Crippen LogP contribution is -2.12. The van der Waals surface area contributed by atoms with Crippen LogP contribution in [-0.2, 0) is 16.0 Å². The van der Waals surface area contributed by atoms with Crippen LogP contribution in [-0.4, -0.2) is 19.2 Å². The van der Waals surface area contributed by atoms with E-state index in [0.717, 1.165) is 0 Å². The van der Waals surface area contributed by atoms with Gasteiger partial charge in [-0.25, -0.2) is 0 Å². The van der Waals surface area contributed by atoms with E-state index in [9.17, 15) is 13.6 Å². The van der Waals surface area contributed by atoms with Crippen LogP contribution in [0.5, 0.6) is 5.75 Å². The SMILES string of the molecule is CCOC(=O)Cc1c(OC(F)F)ccc(N)c1C. The lowest BCUT2D eigenvalue weighted by molar-refractivity contribution is -0.142. The predicted molar refractivity (Wildman–Crippen MR) is 62.6 cm³/mol. The third-order valence-corrected chi connectivity index (χ3v) is 2.44. The fourth-order valence-electron chi connectivity index (χ4n) is 1.53. The smallest absolute Gasteiger partial charge is 0.387 e. The van der Waals surface area contributed by atoms with Gasteiger partial charge in [-0.15, -0.1) is 0 Å². The van der Waals surface area contributed by atoms with Gasteiger partial charge < -0.3 is 15.2 Å². The van der Waals surface area contributed by atoms with Gasteiger partial charge in [0.1, 0.15) is 5.75 Å². The van der Waals surface area contributed by atoms with Gasteiger partial charge in [-0.3, -0.25) is 4.79 Å². The molecular formula is C12H15F2NO3. The van der Waals surface area contributed by atoms with Gasteiger partial charge in [-0.2, -0.15) is 8.78 Å². The highest BCUT2D eigenvalue weighted by molar-refractivity contribution is 5.75. The van der Waals surface area contributed by atoms with Crippen molar-refractivity contribution in [2.45, 2.75) is 26.9 Å². The molecule has 4 nitrogen and oxygen atoms in total. The number of esters is 1. The van der Waals surface area contributed by atoms with Gasteiger partial charge in [0.2, 0.25) is 0 Å². The molecule has 1 rings (SSSR count). The molecule has 18 heavy (non-hydrogen) atoms. The second-order valence-electron chi connectivity index (χ2n) is 3.62. The minimum Gasteiger partial charge on any atom is -0.466 e. The highest BCUT2D eigenvalue weighted by Gasteiger charge is 2.17. The molecule has 2 N–H and O–H groups in total. The van der Waals surface area contributed by atoms with Gasteiger partial charge in [-0.1, -0.05) is 0 Å². The van der Waals surface area contributed by atoms with E-state index < -0.39 is 12.6 Å². The summed E-state index contributed by atoms with van der Waals surface area (Å²) >= 11 is 0. The summed E-state index contributed by atoms with van der Waals surface area (Å²) in [6.07, 6.45) is -0.146. The number of rotatable bonds is 5. The zero-order valence-electron chi connectivity index (χ0n) is 10.2. The minimum absolute atomic E-state index is 0.0512. The molecule has 0 aliphatic carbocycles. The number of ether oxygens (including phenoxy) is 2. The maximum atomic E-state index is 12.2. The van der Waals surface area contributed by atoms with E-state index in [1.54, 1.807) is 13.8 Å². The largest absolute Gasteiger partial charge is 0.466 e. The number of nitrogen functional groups attached to an aromatic ring is 1. The van der Waals surface area contributed by atoms with Crippen LogP contribution in [0.15, 0.2) is 12.1 Å². The van der Waals surface area contributed by atoms with Crippen molar-refractivity contribution in [3.05, 3.63) is 23.3 Å². The van der Waals surface area contributed by atoms with Crippen LogP contribution in [0, 0.1) is 6.92 Å². The topological polar surface area (TPSA) is 61.5 Å². The predicted octanol–water partition coefficient (Wildman–Crippen LogP) is 2.28. The minimum atomic E-state index is -2.95. The molecule has 6 heteroatoms. The summed E-state index contributed by atoms with van der Waals surface area (Å²) in [5.41, 5.74) is 6.96. The molecule has 0 atom stereocenters. The van der Waals surface area contributed by atoms with E-state index in [1.807, 2.05) is 0 Å². The van der Waals surface area contributed by atoms with E-state index in [-0.39, 0.29) is 18.8 Å². The van der Waals surface area contributed by atoms with Crippen LogP contribution in [0.25, 0.3) is 0 Å². The highest BCUT2D eigenvalue weighted by atomic mass is 19.3. The second-order valence-corrected chi connectivity index (χ2v) is 3.62. The number of carbonyl (C=O) groups excluding carboxylic acids is 1. The Labute approximate surface area is 104 Å². The molecule has 0 fully saturated rings. The van der Waals surface area contributed by atoms with Crippen molar-refractivity contribution in [1.29, 1.82) is 0 Å². The molecule has 0 aliphatic heterocycles. The number of benzene rings is 1. The van der Waals surface area contributed by atoms with Crippen molar-refractivity contribution >= 4 is 11.7 Å². The number of nitrogens with two attached hydrogens (primary N) is 1. The summed E-state index contributed by atoms with van der Waals surface area (Å²) in [5.74, 6) is -0.560. The maximum Gasteiger partial charge on any atom is 0.387 e. The van der Waals surface area contributed by atoms with Crippen molar-refractivity contribution in [1.82, 2.24) is 0 Å². The number of halogens is 2. The first-order valence-corrected chi connectivity index (χ1v) is 5.44. The van der Waals surface area contributed by atoms with E-state index in [0.29, 0.717) is 16.8 Å². The number of hydrogen-bond acceptors (Lipinski definition) is 4. The van der Waals surface area contributed by atoms with E-state index >= 15 is 0 Å². The van der Waals surface area contributed by atoms with E-state index in [2.05, 4.69) is 4.74 Å². The zero-order valence-corrected chi connectivity index (χ0v) is 10.2. The van der Waals surface area contributed by atoms with Crippen LogP contribution in [0.1, 0.15) is 18.1 Å². The van der Waals surface area contributed by atoms with Gasteiger partial charge in [0.25, 0.3) is 0 Å². The Balaban J connectivity index is 3.04. The molecule has 100 valence electrons. The van der Waals surface area contributed by atoms with Gasteiger partial charge in [0, 0.05) is 11.3 Å². The molecule has 0 bridgehead atoms. The van der Waals surface area contributed by atoms with Crippen LogP contribution in [0.2, 0.25) is 0 Å². The standard InChI is InChI=1S/C12H15F2NO3/c1-3-17-11(16)6-8-7(2)9(15)4-5-10(8)18-12(13)14/h4-5,12H,3,6,15H2,1-2H3. The van der Waals surface area contributed by atoms with E-state index in [1.165, 1.54) is 12.1 Å². The summed E-state index contributed by atoms with van der Waals surface area (Å²) < 4.78 is 33.6. The number of hydrogen-bond donors (Lipinski definition) is 1. The van der Waals surface area contributed by atoms with Crippen LogP contribution in [0.4, 0.5) is 14.5 Å². The molecule has 1 aromatic rings. The van der Waals surface area contributed by atoms with Gasteiger partial charge in [-0.05, 0) is 31.5 Å². The Morgan fingerprint density at radius 2 is 2.11 bits per heavy atom. The summed E-state index contributed by atoms with van der Waals surface area (Å²) in [6.45, 7) is 0.586. The fraction of sp³-hybridized carbons (Fsp3) is 0.417. The van der Waals surface area contributed by atoms with Crippen molar-refractivity contribution < 1.29 is 23.0 Å². The number of alkyl halides is 2. The van der Waals surface area contributed by atoms with Crippen LogP contribution < -0.4 is 10.5 Å². The molecule has 1 aromatic carbocycles. The summed E-state index contributed by atoms with van der Waals surface area (Å²) in [7, 11) is 0. The fourth-order valence-corrected chi connectivity index (χ4v) is 1.53. The Hall–Kier alpha value is -1.85. The molecule has 0 radical (unpaired) electrons. The monoisotopic (exact) mass is 259 g/mol. The molecular weight excluding hydrogens is 244 g/mol. The molecule has 0 saturated heterocycles. The first-order valence-electron chi connectivity index (χ1n) is 5.44. The first-order chi connectivity index (χ1) is 8.45. The van der Waals surface area contributed by atoms with Gasteiger partial charge in [0.05, 0.1) is 13.0 Å².